The van der Waals surface area contributed by atoms with Gasteiger partial charge in [0, 0.05) is 17.5 Å². The number of amidine groups is 1. The van der Waals surface area contributed by atoms with E-state index in [4.69, 9.17) is 0 Å². The quantitative estimate of drug-likeness (QED) is 0.277. The number of halogens is 7. The Morgan fingerprint density at radius 1 is 1.07 bits per heavy atom. The second-order valence-corrected chi connectivity index (χ2v) is 6.78. The van der Waals surface area contributed by atoms with Crippen LogP contribution in [0.15, 0.2) is 46.3 Å². The maximum atomic E-state index is 14.2. The van der Waals surface area contributed by atoms with Crippen LogP contribution in [-0.2, 0) is 6.18 Å². The van der Waals surface area contributed by atoms with E-state index in [0.29, 0.717) is 17.3 Å². The topological polar surface area (TPSA) is 24.4 Å². The Morgan fingerprint density at radius 3 is 2.32 bits per heavy atom. The summed E-state index contributed by atoms with van der Waals surface area (Å²) in [6.07, 6.45) is -8.96. The molecule has 0 unspecified atom stereocenters. The third-order valence-electron chi connectivity index (χ3n) is 3.57. The molecule has 2 nitrogen and oxygen atoms in total. The van der Waals surface area contributed by atoms with Gasteiger partial charge < -0.3 is 5.32 Å². The van der Waals surface area contributed by atoms with Gasteiger partial charge in [0.1, 0.15) is 17.3 Å². The molecule has 0 aromatic heterocycles. The molecule has 0 amide bonds. The summed E-state index contributed by atoms with van der Waals surface area (Å²) in [5, 5.41) is 2.59. The highest BCUT2D eigenvalue weighted by Crippen LogP contribution is 2.34. The maximum absolute atomic E-state index is 14.2. The van der Waals surface area contributed by atoms with E-state index in [9.17, 15) is 30.7 Å². The van der Waals surface area contributed by atoms with Gasteiger partial charge in [0.15, 0.2) is 0 Å². The Labute approximate surface area is 160 Å². The fourth-order valence-corrected chi connectivity index (χ4v) is 3.07. The number of hydrogen-bond donors (Lipinski definition) is 1. The summed E-state index contributed by atoms with van der Waals surface area (Å²) in [5.74, 6) is -2.01. The second-order valence-electron chi connectivity index (χ2n) is 5.76. The minimum atomic E-state index is -4.56. The largest absolute Gasteiger partial charge is 0.416 e. The second kappa shape index (κ2) is 8.42. The van der Waals surface area contributed by atoms with Crippen LogP contribution in [0.2, 0.25) is 0 Å². The standard InChI is InChI=1S/C18H15F7N2S/c1-10-6-13(19)14(8-15(10)28-9-17(20,21)22)27-16(26-2)11-4-3-5-12(7-11)18(23,24)25/h3-8H,9H2,1-2H3,(H,26,27). The minimum absolute atomic E-state index is 0.0550. The number of alkyl halides is 6. The average molecular weight is 424 g/mol. The Kier molecular flexibility index (Phi) is 6.63. The van der Waals surface area contributed by atoms with E-state index in [1.807, 2.05) is 0 Å². The lowest BCUT2D eigenvalue weighted by Crippen LogP contribution is -2.20. The highest BCUT2D eigenvalue weighted by Gasteiger charge is 2.31. The summed E-state index contributed by atoms with van der Waals surface area (Å²) in [6, 6.07) is 6.45. The lowest BCUT2D eigenvalue weighted by atomic mass is 10.1. The van der Waals surface area contributed by atoms with Crippen LogP contribution in [0.3, 0.4) is 0 Å². The predicted molar refractivity (Wildman–Crippen MR) is 94.6 cm³/mol. The highest BCUT2D eigenvalue weighted by atomic mass is 32.2. The monoisotopic (exact) mass is 424 g/mol. The van der Waals surface area contributed by atoms with Gasteiger partial charge >= 0.3 is 12.4 Å². The fourth-order valence-electron chi connectivity index (χ4n) is 2.27. The lowest BCUT2D eigenvalue weighted by molar-refractivity contribution is -0.137. The summed E-state index contributed by atoms with van der Waals surface area (Å²) in [7, 11) is 1.39. The molecule has 0 atom stereocenters. The number of rotatable bonds is 4. The third-order valence-corrected chi connectivity index (χ3v) is 4.79. The molecule has 2 aromatic carbocycles. The average Bonchev–Trinajstić information content (AvgIpc) is 2.58. The van der Waals surface area contributed by atoms with Crippen LogP contribution in [-0.4, -0.2) is 24.8 Å². The van der Waals surface area contributed by atoms with Gasteiger partial charge in [0.05, 0.1) is 11.3 Å². The predicted octanol–water partition coefficient (Wildman–Crippen LogP) is 6.11. The van der Waals surface area contributed by atoms with Gasteiger partial charge in [0.25, 0.3) is 0 Å². The first-order valence-corrected chi connectivity index (χ1v) is 8.83. The molecule has 0 saturated heterocycles. The molecule has 0 bridgehead atoms. The summed E-state index contributed by atoms with van der Waals surface area (Å²) in [6.45, 7) is 1.46. The summed E-state index contributed by atoms with van der Waals surface area (Å²) in [4.78, 5) is 4.16. The van der Waals surface area contributed by atoms with Crippen molar-refractivity contribution in [2.45, 2.75) is 24.2 Å². The van der Waals surface area contributed by atoms with Gasteiger partial charge in [-0.3, -0.25) is 0 Å². The van der Waals surface area contributed by atoms with Crippen molar-refractivity contribution in [1.29, 1.82) is 0 Å². The molecule has 0 heterocycles. The van der Waals surface area contributed by atoms with Crippen LogP contribution in [0.4, 0.5) is 36.4 Å². The minimum Gasteiger partial charge on any atom is -0.373 e. The van der Waals surface area contributed by atoms with Crippen molar-refractivity contribution >= 4 is 23.3 Å². The molecule has 0 radical (unpaired) electrons. The van der Waals surface area contributed by atoms with Gasteiger partial charge in [-0.05, 0) is 36.8 Å². The van der Waals surface area contributed by atoms with Gasteiger partial charge in [-0.15, -0.1) is 11.8 Å². The molecular weight excluding hydrogens is 409 g/mol. The van der Waals surface area contributed by atoms with E-state index in [-0.39, 0.29) is 22.0 Å². The zero-order chi connectivity index (χ0) is 21.1. The van der Waals surface area contributed by atoms with E-state index in [0.717, 1.165) is 24.3 Å². The van der Waals surface area contributed by atoms with Crippen molar-refractivity contribution in [3.8, 4) is 0 Å². The highest BCUT2D eigenvalue weighted by molar-refractivity contribution is 7.99. The zero-order valence-corrected chi connectivity index (χ0v) is 15.5. The molecule has 1 N–H and O–H groups in total. The molecule has 0 fully saturated rings. The molecule has 0 saturated carbocycles. The molecule has 28 heavy (non-hydrogen) atoms. The number of thioether (sulfide) groups is 1. The molecule has 0 aliphatic rings. The normalized spacial score (nSPS) is 13.0. The number of nitrogens with one attached hydrogen (secondary N) is 1. The van der Waals surface area contributed by atoms with E-state index >= 15 is 0 Å². The van der Waals surface area contributed by atoms with Crippen LogP contribution >= 0.6 is 11.8 Å². The molecule has 0 aliphatic heterocycles. The van der Waals surface area contributed by atoms with Gasteiger partial charge in [-0.25, -0.2) is 9.38 Å². The Morgan fingerprint density at radius 2 is 1.75 bits per heavy atom. The van der Waals surface area contributed by atoms with Crippen LogP contribution in [0.25, 0.3) is 0 Å². The van der Waals surface area contributed by atoms with E-state index in [2.05, 4.69) is 10.3 Å². The lowest BCUT2D eigenvalue weighted by Gasteiger charge is -2.12. The van der Waals surface area contributed by atoms with Gasteiger partial charge in [0.2, 0.25) is 0 Å². The molecular formula is C18H15F7N2S. The van der Waals surface area contributed by atoms with Crippen molar-refractivity contribution in [1.82, 2.24) is 5.32 Å². The van der Waals surface area contributed by atoms with Crippen molar-refractivity contribution in [2.75, 3.05) is 12.8 Å². The number of aryl methyl sites for hydroxylation is 1. The zero-order valence-electron chi connectivity index (χ0n) is 14.7. The first-order chi connectivity index (χ1) is 12.9. The molecule has 0 aliphatic carbocycles. The van der Waals surface area contributed by atoms with Crippen molar-refractivity contribution < 1.29 is 30.7 Å². The Hall–Kier alpha value is -2.23. The first kappa shape index (κ1) is 22.1. The van der Waals surface area contributed by atoms with Crippen LogP contribution in [0.5, 0.6) is 0 Å². The number of benzene rings is 2. The Bertz CT molecular complexity index is 873. The SMILES string of the molecule is CN/C(=N/c1cc(SCC(F)(F)F)c(C)cc1F)c1cccc(C(F)(F)F)c1. The summed E-state index contributed by atoms with van der Waals surface area (Å²) < 4.78 is 90.3. The van der Waals surface area contributed by atoms with Gasteiger partial charge in [-0.2, -0.15) is 26.3 Å². The van der Waals surface area contributed by atoms with E-state index in [1.54, 1.807) is 0 Å². The number of aliphatic imine (C=N–C) groups is 1. The summed E-state index contributed by atoms with van der Waals surface area (Å²) >= 11 is 0.483. The van der Waals surface area contributed by atoms with Crippen molar-refractivity contribution in [2.24, 2.45) is 4.99 Å². The van der Waals surface area contributed by atoms with Crippen molar-refractivity contribution in [3.05, 3.63) is 58.9 Å². The maximum Gasteiger partial charge on any atom is 0.416 e. The van der Waals surface area contributed by atoms with Crippen molar-refractivity contribution in [3.63, 3.8) is 0 Å². The van der Waals surface area contributed by atoms with Gasteiger partial charge in [-0.1, -0.05) is 12.1 Å². The Balaban J connectivity index is 2.44. The molecule has 0 spiro atoms. The first-order valence-electron chi connectivity index (χ1n) is 7.84. The van der Waals surface area contributed by atoms with Crippen LogP contribution in [0, 0.1) is 12.7 Å². The van der Waals surface area contributed by atoms with Crippen LogP contribution < -0.4 is 5.32 Å². The van der Waals surface area contributed by atoms with E-state index in [1.165, 1.54) is 26.1 Å². The molecule has 10 heteroatoms. The molecule has 152 valence electrons. The number of hydrogen-bond acceptors (Lipinski definition) is 2. The molecule has 2 aromatic rings. The smallest absolute Gasteiger partial charge is 0.373 e. The molecule has 2 rings (SSSR count). The van der Waals surface area contributed by atoms with E-state index < -0.39 is 29.5 Å². The fraction of sp³-hybridized carbons (Fsp3) is 0.278. The summed E-state index contributed by atoms with van der Waals surface area (Å²) in [5.41, 5.74) is -0.826. The van der Waals surface area contributed by atoms with Crippen LogP contribution in [0.1, 0.15) is 16.7 Å². The number of nitrogens with zero attached hydrogens (tertiary/aromatic N) is 1. The third kappa shape index (κ3) is 5.88.